The van der Waals surface area contributed by atoms with Gasteiger partial charge in [0.25, 0.3) is 5.91 Å². The average Bonchev–Trinajstić information content (AvgIpc) is 2.96. The highest BCUT2D eigenvalue weighted by atomic mass is 35.5. The van der Waals surface area contributed by atoms with Crippen LogP contribution in [0.15, 0.2) is 59.8 Å². The summed E-state index contributed by atoms with van der Waals surface area (Å²) < 4.78 is 0. The van der Waals surface area contributed by atoms with Crippen molar-refractivity contribution in [1.29, 1.82) is 0 Å². The van der Waals surface area contributed by atoms with E-state index in [1.165, 1.54) is 4.90 Å². The van der Waals surface area contributed by atoms with Crippen molar-refractivity contribution in [2.75, 3.05) is 18.5 Å². The lowest BCUT2D eigenvalue weighted by molar-refractivity contribution is -0.114. The van der Waals surface area contributed by atoms with Crippen LogP contribution in [0.3, 0.4) is 0 Å². The average molecular weight is 388 g/mol. The maximum absolute atomic E-state index is 13.2. The Labute approximate surface area is 160 Å². The van der Waals surface area contributed by atoms with Gasteiger partial charge in [-0.3, -0.25) is 9.69 Å². The lowest BCUT2D eigenvalue weighted by Crippen LogP contribution is -2.45. The van der Waals surface area contributed by atoms with Crippen molar-refractivity contribution >= 4 is 40.8 Å². The Balaban J connectivity index is 1.78. The van der Waals surface area contributed by atoms with Gasteiger partial charge in [-0.1, -0.05) is 53.5 Å². The Morgan fingerprint density at radius 2 is 1.69 bits per heavy atom. The second-order valence-corrected chi connectivity index (χ2v) is 7.10. The summed E-state index contributed by atoms with van der Waals surface area (Å²) in [4.78, 5) is 28.7. The predicted octanol–water partition coefficient (Wildman–Crippen LogP) is 3.99. The molecule has 2 aromatic carbocycles. The van der Waals surface area contributed by atoms with E-state index in [2.05, 4.69) is 5.32 Å². The highest BCUT2D eigenvalue weighted by molar-refractivity contribution is 6.35. The third-order valence-electron chi connectivity index (χ3n) is 4.65. The summed E-state index contributed by atoms with van der Waals surface area (Å²) in [5.41, 5.74) is 2.72. The molecule has 5 nitrogen and oxygen atoms in total. The van der Waals surface area contributed by atoms with Gasteiger partial charge in [0.2, 0.25) is 0 Å². The van der Waals surface area contributed by atoms with Crippen LogP contribution in [0.25, 0.3) is 0 Å². The van der Waals surface area contributed by atoms with Gasteiger partial charge in [0, 0.05) is 22.8 Å². The molecule has 0 unspecified atom stereocenters. The van der Waals surface area contributed by atoms with Crippen molar-refractivity contribution in [1.82, 2.24) is 10.2 Å². The summed E-state index contributed by atoms with van der Waals surface area (Å²) in [6.45, 7) is 0.290. The first-order valence-electron chi connectivity index (χ1n) is 8.06. The zero-order chi connectivity index (χ0) is 18.4. The van der Waals surface area contributed by atoms with Crippen molar-refractivity contribution in [2.45, 2.75) is 6.04 Å². The van der Waals surface area contributed by atoms with E-state index in [0.717, 1.165) is 5.56 Å². The van der Waals surface area contributed by atoms with Gasteiger partial charge in [0.1, 0.15) is 0 Å². The third-order valence-corrected chi connectivity index (χ3v) is 5.09. The van der Waals surface area contributed by atoms with Crippen molar-refractivity contribution in [3.05, 3.63) is 75.4 Å². The first kappa shape index (κ1) is 16.9. The highest BCUT2D eigenvalue weighted by Crippen LogP contribution is 2.38. The van der Waals surface area contributed by atoms with Gasteiger partial charge >= 0.3 is 6.03 Å². The second kappa shape index (κ2) is 6.34. The summed E-state index contributed by atoms with van der Waals surface area (Å²) in [6.07, 6.45) is 0. The Morgan fingerprint density at radius 3 is 2.35 bits per heavy atom. The van der Waals surface area contributed by atoms with E-state index < -0.39 is 6.04 Å². The molecular weight excluding hydrogens is 373 g/mol. The molecule has 0 aliphatic carbocycles. The molecule has 0 bridgehead atoms. The number of halogens is 2. The lowest BCUT2D eigenvalue weighted by atomic mass is 9.96. The second-order valence-electron chi connectivity index (χ2n) is 6.23. The molecule has 1 atom stereocenters. The molecule has 0 fully saturated rings. The van der Waals surface area contributed by atoms with E-state index in [-0.39, 0.29) is 18.5 Å². The molecule has 2 aliphatic rings. The van der Waals surface area contributed by atoms with E-state index in [4.69, 9.17) is 23.2 Å². The van der Waals surface area contributed by atoms with E-state index in [0.29, 0.717) is 27.0 Å². The molecule has 4 rings (SSSR count). The number of carbonyl (C=O) groups excluding carboxylic acids is 2. The molecular formula is C19H15Cl2N3O2. The van der Waals surface area contributed by atoms with Gasteiger partial charge < -0.3 is 10.2 Å². The van der Waals surface area contributed by atoms with Gasteiger partial charge in [0.15, 0.2) is 0 Å². The molecule has 0 aromatic heterocycles. The van der Waals surface area contributed by atoms with Crippen molar-refractivity contribution in [3.63, 3.8) is 0 Å². The highest BCUT2D eigenvalue weighted by Gasteiger charge is 2.43. The van der Waals surface area contributed by atoms with Gasteiger partial charge in [-0.05, 0) is 23.8 Å². The van der Waals surface area contributed by atoms with E-state index in [1.807, 2.05) is 30.3 Å². The summed E-state index contributed by atoms with van der Waals surface area (Å²) in [5, 5.41) is 3.81. The molecule has 2 aromatic rings. The molecule has 2 aliphatic heterocycles. The molecule has 0 saturated carbocycles. The minimum Gasteiger partial charge on any atom is -0.327 e. The van der Waals surface area contributed by atoms with Gasteiger partial charge in [-0.25, -0.2) is 4.79 Å². The maximum atomic E-state index is 13.2. The Hall–Kier alpha value is -2.50. The molecule has 1 N–H and O–H groups in total. The van der Waals surface area contributed by atoms with Crippen LogP contribution < -0.4 is 10.2 Å². The van der Waals surface area contributed by atoms with Crippen LogP contribution in [0.5, 0.6) is 0 Å². The monoisotopic (exact) mass is 387 g/mol. The van der Waals surface area contributed by atoms with Crippen LogP contribution >= 0.6 is 23.2 Å². The molecule has 0 saturated heterocycles. The first-order valence-corrected chi connectivity index (χ1v) is 8.81. The number of amides is 3. The summed E-state index contributed by atoms with van der Waals surface area (Å²) in [6, 6.07) is 13.7. The Bertz CT molecular complexity index is 923. The fourth-order valence-corrected chi connectivity index (χ4v) is 3.88. The smallest absolute Gasteiger partial charge is 0.322 e. The van der Waals surface area contributed by atoms with Gasteiger partial charge in [-0.15, -0.1) is 0 Å². The number of nitrogens with zero attached hydrogens (tertiary/aromatic N) is 2. The molecule has 3 amide bonds. The number of carbonyl (C=O) groups is 2. The fraction of sp³-hybridized carbons (Fsp3) is 0.158. The minimum atomic E-state index is -0.484. The van der Waals surface area contributed by atoms with Crippen LogP contribution in [0.1, 0.15) is 11.6 Å². The van der Waals surface area contributed by atoms with Crippen molar-refractivity contribution in [2.24, 2.45) is 0 Å². The van der Waals surface area contributed by atoms with Crippen LogP contribution in [0.4, 0.5) is 10.5 Å². The number of hydrogen-bond acceptors (Lipinski definition) is 2. The van der Waals surface area contributed by atoms with Gasteiger partial charge in [0.05, 0.1) is 23.9 Å². The predicted molar refractivity (Wildman–Crippen MR) is 101 cm³/mol. The molecule has 26 heavy (non-hydrogen) atoms. The zero-order valence-corrected chi connectivity index (χ0v) is 15.4. The number of rotatable bonds is 2. The number of urea groups is 1. The van der Waals surface area contributed by atoms with E-state index >= 15 is 0 Å². The topological polar surface area (TPSA) is 52.7 Å². The number of nitrogens with one attached hydrogen (secondary N) is 1. The Kier molecular flexibility index (Phi) is 4.13. The quantitative estimate of drug-likeness (QED) is 0.846. The SMILES string of the molecule is CN1C(=O)N[C@@H](c2ccccc2)C2=C1CN(c1cc(Cl)cc(Cl)c1)C2=O. The van der Waals surface area contributed by atoms with E-state index in [9.17, 15) is 9.59 Å². The maximum Gasteiger partial charge on any atom is 0.322 e. The fourth-order valence-electron chi connectivity index (χ4n) is 3.37. The third kappa shape index (κ3) is 2.73. The van der Waals surface area contributed by atoms with E-state index in [1.54, 1.807) is 30.1 Å². The largest absolute Gasteiger partial charge is 0.327 e. The zero-order valence-electron chi connectivity index (χ0n) is 13.9. The number of anilines is 1. The number of benzene rings is 2. The Morgan fingerprint density at radius 1 is 1.04 bits per heavy atom. The van der Waals surface area contributed by atoms with Crippen LogP contribution in [-0.4, -0.2) is 30.4 Å². The summed E-state index contributed by atoms with van der Waals surface area (Å²) in [5.74, 6) is -0.168. The summed E-state index contributed by atoms with van der Waals surface area (Å²) >= 11 is 12.2. The molecule has 7 heteroatoms. The summed E-state index contributed by atoms with van der Waals surface area (Å²) in [7, 11) is 1.66. The minimum absolute atomic E-state index is 0.168. The molecule has 132 valence electrons. The standard InChI is InChI=1S/C19H15Cl2N3O2/c1-23-15-10-24(14-8-12(20)7-13(21)9-14)18(25)16(15)17(22-19(23)26)11-5-3-2-4-6-11/h2-9,17H,10H2,1H3,(H,22,26)/t17-/m0/s1. The van der Waals surface area contributed by atoms with Crippen molar-refractivity contribution in [3.8, 4) is 0 Å². The number of likely N-dealkylation sites (N-methyl/N-ethyl adjacent to an activating group) is 1. The van der Waals surface area contributed by atoms with Gasteiger partial charge in [-0.2, -0.15) is 0 Å². The van der Waals surface area contributed by atoms with Crippen LogP contribution in [-0.2, 0) is 4.79 Å². The molecule has 0 radical (unpaired) electrons. The van der Waals surface area contributed by atoms with Crippen LogP contribution in [0.2, 0.25) is 10.0 Å². The van der Waals surface area contributed by atoms with Crippen LogP contribution in [0, 0.1) is 0 Å². The first-order chi connectivity index (χ1) is 12.5. The molecule has 2 heterocycles. The lowest BCUT2D eigenvalue weighted by Gasteiger charge is -2.31. The number of hydrogen-bond donors (Lipinski definition) is 1. The normalized spacial score (nSPS) is 19.7. The molecule has 0 spiro atoms. The van der Waals surface area contributed by atoms with Crippen molar-refractivity contribution < 1.29 is 9.59 Å².